The zero-order chi connectivity index (χ0) is 15.2. The number of halogens is 2. The van der Waals surface area contributed by atoms with Crippen LogP contribution < -0.4 is 10.2 Å². The molecule has 1 aromatic carbocycles. The summed E-state index contributed by atoms with van der Waals surface area (Å²) in [5.41, 5.74) is 1.62. The Bertz CT molecular complexity index is 634. The van der Waals surface area contributed by atoms with E-state index in [0.29, 0.717) is 22.4 Å². The molecule has 1 heterocycles. The van der Waals surface area contributed by atoms with Gasteiger partial charge in [0.25, 0.3) is 5.91 Å². The Morgan fingerprint density at radius 2 is 2.10 bits per heavy atom. The summed E-state index contributed by atoms with van der Waals surface area (Å²) in [7, 11) is 1.95. The molecule has 4 nitrogen and oxygen atoms in total. The maximum Gasteiger partial charge on any atom is 0.279 e. The lowest BCUT2D eigenvalue weighted by Gasteiger charge is -2.14. The van der Waals surface area contributed by atoms with Gasteiger partial charge in [-0.05, 0) is 24.3 Å². The van der Waals surface area contributed by atoms with E-state index in [1.54, 1.807) is 18.3 Å². The second kappa shape index (κ2) is 7.41. The quantitative estimate of drug-likeness (QED) is 0.827. The molecule has 2 N–H and O–H groups in total. The number of amides is 1. The van der Waals surface area contributed by atoms with E-state index in [1.807, 2.05) is 31.3 Å². The summed E-state index contributed by atoms with van der Waals surface area (Å²) in [6.45, 7) is 1.05. The Labute approximate surface area is 133 Å². The first-order chi connectivity index (χ1) is 10.0. The lowest BCUT2D eigenvalue weighted by molar-refractivity contribution is -0.885. The number of pyridine rings is 1. The highest BCUT2D eigenvalue weighted by atomic mass is 35.5. The molecule has 1 atom stereocenters. The minimum atomic E-state index is -0.107. The van der Waals surface area contributed by atoms with Crippen LogP contribution in [0.2, 0.25) is 10.2 Å². The van der Waals surface area contributed by atoms with Gasteiger partial charge in [0.1, 0.15) is 6.54 Å². The van der Waals surface area contributed by atoms with E-state index in [9.17, 15) is 4.79 Å². The third kappa shape index (κ3) is 5.01. The van der Waals surface area contributed by atoms with Crippen molar-refractivity contribution in [1.29, 1.82) is 0 Å². The Kier molecular flexibility index (Phi) is 5.56. The van der Waals surface area contributed by atoms with Crippen LogP contribution in [0.25, 0.3) is 0 Å². The molecule has 1 unspecified atom stereocenters. The third-order valence-corrected chi connectivity index (χ3v) is 3.43. The van der Waals surface area contributed by atoms with E-state index in [0.717, 1.165) is 17.0 Å². The van der Waals surface area contributed by atoms with E-state index in [2.05, 4.69) is 10.3 Å². The summed E-state index contributed by atoms with van der Waals surface area (Å²) in [6, 6.07) is 11.1. The topological polar surface area (TPSA) is 46.4 Å². The SMILES string of the molecule is C[NH+](CC(=O)Nc1cccnc1Cl)Cc1cccc(Cl)c1. The van der Waals surface area contributed by atoms with Gasteiger partial charge in [0, 0.05) is 16.8 Å². The molecule has 2 aromatic rings. The van der Waals surface area contributed by atoms with Gasteiger partial charge in [-0.15, -0.1) is 0 Å². The largest absolute Gasteiger partial charge is 0.326 e. The van der Waals surface area contributed by atoms with Gasteiger partial charge in [0.2, 0.25) is 0 Å². The fourth-order valence-corrected chi connectivity index (χ4v) is 2.39. The standard InChI is InChI=1S/C15H15Cl2N3O/c1-20(9-11-4-2-5-12(16)8-11)10-14(21)19-13-6-3-7-18-15(13)17/h2-8H,9-10H2,1H3,(H,19,21)/p+1. The molecule has 0 radical (unpaired) electrons. The highest BCUT2D eigenvalue weighted by Gasteiger charge is 2.12. The summed E-state index contributed by atoms with van der Waals surface area (Å²) < 4.78 is 0. The molecule has 0 aliphatic heterocycles. The lowest BCUT2D eigenvalue weighted by atomic mass is 10.2. The van der Waals surface area contributed by atoms with Gasteiger partial charge in [0.15, 0.2) is 11.7 Å². The Balaban J connectivity index is 1.89. The van der Waals surface area contributed by atoms with Gasteiger partial charge in [0.05, 0.1) is 12.7 Å². The second-order valence-electron chi connectivity index (χ2n) is 4.83. The van der Waals surface area contributed by atoms with Crippen LogP contribution in [-0.4, -0.2) is 24.5 Å². The van der Waals surface area contributed by atoms with Crippen molar-refractivity contribution in [3.63, 3.8) is 0 Å². The van der Waals surface area contributed by atoms with Crippen LogP contribution in [0.4, 0.5) is 5.69 Å². The molecule has 0 spiro atoms. The Hall–Kier alpha value is -1.62. The first kappa shape index (κ1) is 15.8. The molecule has 0 fully saturated rings. The molecule has 0 saturated heterocycles. The average molecular weight is 325 g/mol. The predicted octanol–water partition coefficient (Wildman–Crippen LogP) is 2.04. The second-order valence-corrected chi connectivity index (χ2v) is 5.62. The summed E-state index contributed by atoms with van der Waals surface area (Å²) in [4.78, 5) is 17.0. The number of carbonyl (C=O) groups is 1. The molecule has 1 amide bonds. The Morgan fingerprint density at radius 3 is 2.81 bits per heavy atom. The molecule has 0 aliphatic rings. The van der Waals surface area contributed by atoms with Gasteiger partial charge in [-0.25, -0.2) is 4.98 Å². The molecule has 21 heavy (non-hydrogen) atoms. The van der Waals surface area contributed by atoms with Crippen molar-refractivity contribution in [2.45, 2.75) is 6.54 Å². The number of hydrogen-bond acceptors (Lipinski definition) is 2. The molecule has 0 bridgehead atoms. The zero-order valence-electron chi connectivity index (χ0n) is 11.6. The summed E-state index contributed by atoms with van der Waals surface area (Å²) in [6.07, 6.45) is 1.58. The van der Waals surface area contributed by atoms with E-state index >= 15 is 0 Å². The molecular formula is C15H16Cl2N3O+. The maximum atomic E-state index is 12.0. The van der Waals surface area contributed by atoms with Crippen LogP contribution in [0.15, 0.2) is 42.6 Å². The number of nitrogens with zero attached hydrogens (tertiary/aromatic N) is 1. The van der Waals surface area contributed by atoms with E-state index < -0.39 is 0 Å². The van der Waals surface area contributed by atoms with Crippen molar-refractivity contribution in [2.75, 3.05) is 18.9 Å². The number of hydrogen-bond donors (Lipinski definition) is 2. The fourth-order valence-electron chi connectivity index (χ4n) is 2.01. The normalized spacial score (nSPS) is 12.0. The predicted molar refractivity (Wildman–Crippen MR) is 84.8 cm³/mol. The summed E-state index contributed by atoms with van der Waals surface area (Å²) in [5, 5.41) is 3.75. The minimum Gasteiger partial charge on any atom is -0.326 e. The average Bonchev–Trinajstić information content (AvgIpc) is 2.41. The minimum absolute atomic E-state index is 0.107. The molecular weight excluding hydrogens is 309 g/mol. The van der Waals surface area contributed by atoms with Crippen molar-refractivity contribution >= 4 is 34.8 Å². The van der Waals surface area contributed by atoms with Crippen LogP contribution in [0.3, 0.4) is 0 Å². The smallest absolute Gasteiger partial charge is 0.279 e. The molecule has 0 saturated carbocycles. The summed E-state index contributed by atoms with van der Waals surface area (Å²) >= 11 is 11.9. The molecule has 2 rings (SSSR count). The number of likely N-dealkylation sites (N-methyl/N-ethyl adjacent to an activating group) is 1. The monoisotopic (exact) mass is 324 g/mol. The highest BCUT2D eigenvalue weighted by Crippen LogP contribution is 2.16. The maximum absolute atomic E-state index is 12.0. The number of anilines is 1. The van der Waals surface area contributed by atoms with Gasteiger partial charge in [-0.1, -0.05) is 35.3 Å². The van der Waals surface area contributed by atoms with Crippen LogP contribution >= 0.6 is 23.2 Å². The number of aromatic nitrogens is 1. The van der Waals surface area contributed by atoms with Crippen LogP contribution in [0.5, 0.6) is 0 Å². The van der Waals surface area contributed by atoms with E-state index in [1.165, 1.54) is 0 Å². The van der Waals surface area contributed by atoms with Gasteiger partial charge >= 0.3 is 0 Å². The van der Waals surface area contributed by atoms with Crippen LogP contribution in [-0.2, 0) is 11.3 Å². The van der Waals surface area contributed by atoms with Crippen molar-refractivity contribution in [2.24, 2.45) is 0 Å². The van der Waals surface area contributed by atoms with Crippen molar-refractivity contribution in [1.82, 2.24) is 4.98 Å². The fraction of sp³-hybridized carbons (Fsp3) is 0.200. The number of quaternary nitrogens is 1. The molecule has 1 aromatic heterocycles. The summed E-state index contributed by atoms with van der Waals surface area (Å²) in [5.74, 6) is -0.107. The lowest BCUT2D eigenvalue weighted by Crippen LogP contribution is -3.08. The van der Waals surface area contributed by atoms with E-state index in [4.69, 9.17) is 23.2 Å². The molecule has 0 aliphatic carbocycles. The molecule has 6 heteroatoms. The highest BCUT2D eigenvalue weighted by molar-refractivity contribution is 6.32. The zero-order valence-corrected chi connectivity index (χ0v) is 13.1. The van der Waals surface area contributed by atoms with Gasteiger partial charge in [-0.2, -0.15) is 0 Å². The van der Waals surface area contributed by atoms with Gasteiger partial charge in [-0.3, -0.25) is 4.79 Å². The number of nitrogens with one attached hydrogen (secondary N) is 2. The first-order valence-corrected chi connectivity index (χ1v) is 7.26. The third-order valence-electron chi connectivity index (χ3n) is 2.89. The van der Waals surface area contributed by atoms with Crippen LogP contribution in [0.1, 0.15) is 5.56 Å². The van der Waals surface area contributed by atoms with Gasteiger partial charge < -0.3 is 10.2 Å². The number of carbonyl (C=O) groups excluding carboxylic acids is 1. The van der Waals surface area contributed by atoms with E-state index in [-0.39, 0.29) is 5.91 Å². The first-order valence-electron chi connectivity index (χ1n) is 6.50. The Morgan fingerprint density at radius 1 is 1.29 bits per heavy atom. The number of rotatable bonds is 5. The number of benzene rings is 1. The van der Waals surface area contributed by atoms with Crippen molar-refractivity contribution < 1.29 is 9.69 Å². The van der Waals surface area contributed by atoms with Crippen molar-refractivity contribution in [3.05, 3.63) is 58.3 Å². The van der Waals surface area contributed by atoms with Crippen LogP contribution in [0, 0.1) is 0 Å². The van der Waals surface area contributed by atoms with Crippen molar-refractivity contribution in [3.8, 4) is 0 Å². The molecule has 110 valence electrons.